The van der Waals surface area contributed by atoms with Gasteiger partial charge in [-0.25, -0.2) is 0 Å². The molecular formula is C28H27F3N2O. The highest BCUT2D eigenvalue weighted by Gasteiger charge is 2.31. The summed E-state index contributed by atoms with van der Waals surface area (Å²) >= 11 is 0. The van der Waals surface area contributed by atoms with Gasteiger partial charge in [0.1, 0.15) is 5.75 Å². The normalized spacial score (nSPS) is 15.6. The molecule has 1 N–H and O–H groups in total. The molecule has 0 unspecified atom stereocenters. The number of piperidine rings is 1. The van der Waals surface area contributed by atoms with Gasteiger partial charge < -0.3 is 14.6 Å². The Morgan fingerprint density at radius 3 is 2.38 bits per heavy atom. The van der Waals surface area contributed by atoms with Gasteiger partial charge in [-0.05, 0) is 67.6 Å². The third kappa shape index (κ3) is 5.12. The van der Waals surface area contributed by atoms with E-state index in [1.165, 1.54) is 23.3 Å². The molecule has 176 valence electrons. The van der Waals surface area contributed by atoms with Crippen molar-refractivity contribution in [1.29, 1.82) is 0 Å². The van der Waals surface area contributed by atoms with Gasteiger partial charge in [0, 0.05) is 23.0 Å². The van der Waals surface area contributed by atoms with Gasteiger partial charge in [0.2, 0.25) is 0 Å². The number of para-hydroxylation sites is 1. The number of aromatic nitrogens is 1. The first-order valence-electron chi connectivity index (χ1n) is 11.7. The van der Waals surface area contributed by atoms with E-state index in [1.807, 2.05) is 30.3 Å². The van der Waals surface area contributed by atoms with Gasteiger partial charge in [-0.1, -0.05) is 60.7 Å². The highest BCUT2D eigenvalue weighted by Crippen LogP contribution is 2.41. The molecule has 6 heteroatoms. The maximum atomic E-state index is 12.8. The van der Waals surface area contributed by atoms with E-state index in [1.54, 1.807) is 6.07 Å². The van der Waals surface area contributed by atoms with Crippen LogP contribution in [0.15, 0.2) is 78.9 Å². The predicted molar refractivity (Wildman–Crippen MR) is 129 cm³/mol. The highest BCUT2D eigenvalue weighted by molar-refractivity contribution is 5.91. The maximum absolute atomic E-state index is 12.8. The van der Waals surface area contributed by atoms with Gasteiger partial charge in [-0.15, -0.1) is 13.2 Å². The van der Waals surface area contributed by atoms with Gasteiger partial charge in [0.15, 0.2) is 0 Å². The Balaban J connectivity index is 1.38. The minimum atomic E-state index is -4.71. The number of rotatable bonds is 6. The lowest BCUT2D eigenvalue weighted by Crippen LogP contribution is -2.34. The molecule has 1 aliphatic rings. The number of likely N-dealkylation sites (tertiary alicyclic amines) is 1. The van der Waals surface area contributed by atoms with Gasteiger partial charge in [0.25, 0.3) is 0 Å². The fraction of sp³-hybridized carbons (Fsp3) is 0.286. The second-order valence-corrected chi connectivity index (χ2v) is 8.89. The van der Waals surface area contributed by atoms with Gasteiger partial charge in [-0.2, -0.15) is 0 Å². The van der Waals surface area contributed by atoms with Gasteiger partial charge >= 0.3 is 6.36 Å². The Morgan fingerprint density at radius 2 is 1.62 bits per heavy atom. The van der Waals surface area contributed by atoms with Gasteiger partial charge in [-0.3, -0.25) is 0 Å². The smallest absolute Gasteiger partial charge is 0.406 e. The molecule has 1 aliphatic heterocycles. The molecule has 0 aliphatic carbocycles. The van der Waals surface area contributed by atoms with Crippen LogP contribution in [0.2, 0.25) is 0 Å². The number of alkyl halides is 3. The van der Waals surface area contributed by atoms with Crippen molar-refractivity contribution in [2.75, 3.05) is 19.6 Å². The van der Waals surface area contributed by atoms with Crippen LogP contribution >= 0.6 is 0 Å². The third-order valence-corrected chi connectivity index (χ3v) is 6.66. The standard InChI is InChI=1S/C28H27F3N2O/c29-28(30,31)34-23-10-6-9-22(19-23)27-26(24-11-4-5-12-25(24)32-27)21-14-17-33(18-15-21)16-13-20-7-2-1-3-8-20/h1-12,19,21,32H,13-18H2. The number of nitrogens with one attached hydrogen (secondary N) is 1. The van der Waals surface area contributed by atoms with Crippen LogP contribution in [0.3, 0.4) is 0 Å². The summed E-state index contributed by atoms with van der Waals surface area (Å²) in [5.74, 6) is 0.136. The maximum Gasteiger partial charge on any atom is 0.573 e. The summed E-state index contributed by atoms with van der Waals surface area (Å²) in [5, 5.41) is 1.14. The molecule has 4 aromatic rings. The van der Waals surface area contributed by atoms with E-state index in [-0.39, 0.29) is 5.75 Å². The Morgan fingerprint density at radius 1 is 0.882 bits per heavy atom. The molecule has 0 bridgehead atoms. The molecule has 0 radical (unpaired) electrons. The average molecular weight is 465 g/mol. The average Bonchev–Trinajstić information content (AvgIpc) is 3.23. The van der Waals surface area contributed by atoms with Crippen LogP contribution in [0.5, 0.6) is 5.75 Å². The molecule has 2 heterocycles. The molecule has 1 fully saturated rings. The lowest BCUT2D eigenvalue weighted by Gasteiger charge is -2.32. The Labute approximate surface area is 197 Å². The van der Waals surface area contributed by atoms with Crippen molar-refractivity contribution in [3.05, 3.63) is 90.0 Å². The number of H-pyrrole nitrogens is 1. The second kappa shape index (κ2) is 9.55. The largest absolute Gasteiger partial charge is 0.573 e. The van der Waals surface area contributed by atoms with E-state index in [4.69, 9.17) is 0 Å². The highest BCUT2D eigenvalue weighted by atomic mass is 19.4. The van der Waals surface area contributed by atoms with Crippen molar-refractivity contribution in [2.24, 2.45) is 0 Å². The summed E-state index contributed by atoms with van der Waals surface area (Å²) in [6.45, 7) is 3.05. The lowest BCUT2D eigenvalue weighted by atomic mass is 9.86. The van der Waals surface area contributed by atoms with E-state index in [0.717, 1.165) is 55.5 Å². The van der Waals surface area contributed by atoms with Crippen LogP contribution in [0.25, 0.3) is 22.2 Å². The third-order valence-electron chi connectivity index (χ3n) is 6.66. The number of halogens is 3. The van der Waals surface area contributed by atoms with E-state index in [9.17, 15) is 13.2 Å². The fourth-order valence-electron chi connectivity index (χ4n) is 5.04. The molecule has 0 atom stereocenters. The second-order valence-electron chi connectivity index (χ2n) is 8.89. The van der Waals surface area contributed by atoms with Crippen molar-refractivity contribution in [3.8, 4) is 17.0 Å². The number of fused-ring (bicyclic) bond motifs is 1. The summed E-state index contributed by atoms with van der Waals surface area (Å²) in [5.41, 5.74) is 5.14. The molecule has 5 rings (SSSR count). The Hall–Kier alpha value is -3.25. The minimum Gasteiger partial charge on any atom is -0.406 e. The molecule has 3 nitrogen and oxygen atoms in total. The van der Waals surface area contributed by atoms with E-state index in [0.29, 0.717) is 11.5 Å². The SMILES string of the molecule is FC(F)(F)Oc1cccc(-c2[nH]c3ccccc3c2C2CCN(CCc3ccccc3)CC2)c1. The summed E-state index contributed by atoms with van der Waals surface area (Å²) in [4.78, 5) is 5.99. The van der Waals surface area contributed by atoms with Crippen molar-refractivity contribution >= 4 is 10.9 Å². The van der Waals surface area contributed by atoms with E-state index < -0.39 is 6.36 Å². The number of ether oxygens (including phenoxy) is 1. The van der Waals surface area contributed by atoms with Gasteiger partial charge in [0.05, 0.1) is 5.69 Å². The first-order valence-corrected chi connectivity index (χ1v) is 11.7. The Kier molecular flexibility index (Phi) is 6.33. The minimum absolute atomic E-state index is 0.203. The number of benzene rings is 3. The summed E-state index contributed by atoms with van der Waals surface area (Å²) in [7, 11) is 0. The molecule has 3 aromatic carbocycles. The molecule has 0 spiro atoms. The zero-order valence-electron chi connectivity index (χ0n) is 18.8. The van der Waals surface area contributed by atoms with Crippen molar-refractivity contribution in [1.82, 2.24) is 9.88 Å². The topological polar surface area (TPSA) is 28.3 Å². The molecule has 34 heavy (non-hydrogen) atoms. The van der Waals surface area contributed by atoms with Crippen LogP contribution in [0, 0.1) is 0 Å². The fourth-order valence-corrected chi connectivity index (χ4v) is 5.04. The number of hydrogen-bond acceptors (Lipinski definition) is 2. The Bertz CT molecular complexity index is 1240. The number of nitrogens with zero attached hydrogens (tertiary/aromatic N) is 1. The molecule has 0 amide bonds. The van der Waals surface area contributed by atoms with Crippen LogP contribution in [-0.2, 0) is 6.42 Å². The number of aromatic amines is 1. The van der Waals surface area contributed by atoms with Crippen molar-refractivity contribution in [2.45, 2.75) is 31.5 Å². The monoisotopic (exact) mass is 464 g/mol. The van der Waals surface area contributed by atoms with E-state index >= 15 is 0 Å². The first-order chi connectivity index (χ1) is 16.5. The zero-order valence-corrected chi connectivity index (χ0v) is 18.8. The molecular weight excluding hydrogens is 437 g/mol. The molecule has 1 saturated heterocycles. The summed E-state index contributed by atoms with van der Waals surface area (Å²) in [6.07, 6.45) is -1.64. The quantitative estimate of drug-likeness (QED) is 0.328. The lowest BCUT2D eigenvalue weighted by molar-refractivity contribution is -0.274. The molecule has 0 saturated carbocycles. The van der Waals surface area contributed by atoms with Crippen molar-refractivity contribution in [3.63, 3.8) is 0 Å². The van der Waals surface area contributed by atoms with Crippen LogP contribution in [0.1, 0.15) is 29.9 Å². The van der Waals surface area contributed by atoms with Crippen LogP contribution < -0.4 is 4.74 Å². The number of hydrogen-bond donors (Lipinski definition) is 1. The van der Waals surface area contributed by atoms with Crippen molar-refractivity contribution < 1.29 is 17.9 Å². The molecule has 1 aromatic heterocycles. The summed E-state index contributed by atoms with van der Waals surface area (Å²) < 4.78 is 42.5. The van der Waals surface area contributed by atoms with E-state index in [2.05, 4.69) is 45.0 Å². The predicted octanol–water partition coefficient (Wildman–Crippen LogP) is 7.16. The summed E-state index contributed by atoms with van der Waals surface area (Å²) in [6, 6.07) is 24.9. The van der Waals surface area contributed by atoms with Crippen LogP contribution in [-0.4, -0.2) is 35.9 Å². The zero-order chi connectivity index (χ0) is 23.5. The first kappa shape index (κ1) is 22.5. The van der Waals surface area contributed by atoms with Crippen LogP contribution in [0.4, 0.5) is 13.2 Å².